The first-order valence-corrected chi connectivity index (χ1v) is 9.84. The van der Waals surface area contributed by atoms with Gasteiger partial charge in [0.25, 0.3) is 0 Å². The number of piperazine rings is 1. The lowest BCUT2D eigenvalue weighted by atomic mass is 10.1. The van der Waals surface area contributed by atoms with E-state index >= 15 is 0 Å². The molecule has 0 amide bonds. The number of thiazole rings is 1. The molecule has 1 saturated heterocycles. The van der Waals surface area contributed by atoms with Crippen LogP contribution >= 0.6 is 11.3 Å². The maximum Gasteiger partial charge on any atom is 0.186 e. The van der Waals surface area contributed by atoms with Gasteiger partial charge in [-0.2, -0.15) is 0 Å². The zero-order valence-corrected chi connectivity index (χ0v) is 15.9. The van der Waals surface area contributed by atoms with Crippen molar-refractivity contribution in [3.8, 4) is 0 Å². The van der Waals surface area contributed by atoms with Crippen molar-refractivity contribution in [1.29, 1.82) is 0 Å². The number of halogens is 2. The van der Waals surface area contributed by atoms with Gasteiger partial charge in [0.15, 0.2) is 16.8 Å². The Balaban J connectivity index is 1.43. The molecule has 1 aliphatic heterocycles. The number of pyridine rings is 1. The Hall–Kier alpha value is -2.36. The monoisotopic (exact) mass is 406 g/mol. The maximum atomic E-state index is 14.5. The molecule has 0 spiro atoms. The summed E-state index contributed by atoms with van der Waals surface area (Å²) in [6.07, 6.45) is 0.774. The molecule has 0 radical (unpaired) electrons. The number of rotatable bonds is 5. The Kier molecular flexibility index (Phi) is 5.38. The number of aliphatic hydroxyl groups excluding tert-OH is 2. The molecule has 1 atom stereocenters. The molecule has 0 unspecified atom stereocenters. The van der Waals surface area contributed by atoms with Crippen LogP contribution in [0.4, 0.5) is 19.7 Å². The van der Waals surface area contributed by atoms with Crippen molar-refractivity contribution in [1.82, 2.24) is 9.97 Å². The number of benzene rings is 1. The fourth-order valence-electron chi connectivity index (χ4n) is 3.28. The van der Waals surface area contributed by atoms with Gasteiger partial charge in [-0.25, -0.2) is 18.7 Å². The predicted molar refractivity (Wildman–Crippen MR) is 105 cm³/mol. The molecule has 1 fully saturated rings. The number of hydrogen-bond donors (Lipinski definition) is 2. The smallest absolute Gasteiger partial charge is 0.186 e. The summed E-state index contributed by atoms with van der Waals surface area (Å²) in [4.78, 5) is 12.8. The second-order valence-corrected chi connectivity index (χ2v) is 7.78. The first kappa shape index (κ1) is 19.0. The average Bonchev–Trinajstić information content (AvgIpc) is 3.11. The number of nitrogens with zero attached hydrogens (tertiary/aromatic N) is 4. The molecule has 1 aliphatic rings. The second-order valence-electron chi connectivity index (χ2n) is 6.77. The summed E-state index contributed by atoms with van der Waals surface area (Å²) in [5.41, 5.74) is 1.32. The minimum atomic E-state index is -0.919. The van der Waals surface area contributed by atoms with Crippen molar-refractivity contribution in [2.45, 2.75) is 12.5 Å². The van der Waals surface area contributed by atoms with Gasteiger partial charge in [-0.05, 0) is 29.8 Å². The summed E-state index contributed by atoms with van der Waals surface area (Å²) >= 11 is 1.45. The molecule has 2 N–H and O–H groups in total. The van der Waals surface area contributed by atoms with E-state index in [9.17, 15) is 13.9 Å². The minimum Gasteiger partial charge on any atom is -0.394 e. The van der Waals surface area contributed by atoms with Crippen molar-refractivity contribution >= 4 is 32.5 Å². The average molecular weight is 406 g/mol. The van der Waals surface area contributed by atoms with Gasteiger partial charge in [0.1, 0.15) is 5.82 Å². The third-order valence-corrected chi connectivity index (χ3v) is 5.83. The third kappa shape index (κ3) is 3.91. The van der Waals surface area contributed by atoms with E-state index in [0.717, 1.165) is 15.3 Å². The molecule has 9 heteroatoms. The van der Waals surface area contributed by atoms with E-state index in [0.29, 0.717) is 31.7 Å². The van der Waals surface area contributed by atoms with Gasteiger partial charge in [-0.3, -0.25) is 0 Å². The van der Waals surface area contributed by atoms with E-state index < -0.39 is 11.9 Å². The van der Waals surface area contributed by atoms with Gasteiger partial charge in [0.2, 0.25) is 0 Å². The quantitative estimate of drug-likeness (QED) is 0.677. The van der Waals surface area contributed by atoms with E-state index in [1.807, 2.05) is 4.90 Å². The van der Waals surface area contributed by atoms with E-state index in [-0.39, 0.29) is 24.7 Å². The zero-order chi connectivity index (χ0) is 19.7. The lowest BCUT2D eigenvalue weighted by molar-refractivity contribution is 0.0954. The molecular formula is C19H20F2N4O2S. The standard InChI is InChI=1S/C19H20F2N4O2S/c20-13-1-2-16-17(9-13)28-19(23-16)25-5-3-24(4-6-25)18-15(21)8-12(10-22-18)7-14(27)11-26/h1-2,8-10,14,26-27H,3-7,11H2/t14-/m1/s1. The predicted octanol–water partition coefficient (Wildman–Crippen LogP) is 2.19. The molecule has 6 nitrogen and oxygen atoms in total. The molecule has 0 bridgehead atoms. The fraction of sp³-hybridized carbons (Fsp3) is 0.368. The van der Waals surface area contributed by atoms with Crippen LogP contribution in [0.2, 0.25) is 0 Å². The summed E-state index contributed by atoms with van der Waals surface area (Å²) < 4.78 is 28.7. The molecule has 148 valence electrons. The SMILES string of the molecule is OC[C@H](O)Cc1cnc(N2CCN(c3nc4ccc(F)cc4s3)CC2)c(F)c1. The first-order valence-electron chi connectivity index (χ1n) is 9.03. The van der Waals surface area contributed by atoms with Crippen LogP contribution in [-0.4, -0.2) is 59.1 Å². The highest BCUT2D eigenvalue weighted by molar-refractivity contribution is 7.22. The zero-order valence-electron chi connectivity index (χ0n) is 15.1. The summed E-state index contributed by atoms with van der Waals surface area (Å²) in [5, 5.41) is 19.2. The van der Waals surface area contributed by atoms with E-state index in [1.165, 1.54) is 35.7 Å². The molecule has 2 aromatic heterocycles. The van der Waals surface area contributed by atoms with Crippen molar-refractivity contribution in [2.75, 3.05) is 42.6 Å². The largest absolute Gasteiger partial charge is 0.394 e. The highest BCUT2D eigenvalue weighted by Crippen LogP contribution is 2.30. The first-order chi connectivity index (χ1) is 13.5. The van der Waals surface area contributed by atoms with Gasteiger partial charge in [-0.1, -0.05) is 11.3 Å². The highest BCUT2D eigenvalue weighted by atomic mass is 32.1. The Morgan fingerprint density at radius 1 is 1.11 bits per heavy atom. The van der Waals surface area contributed by atoms with Crippen LogP contribution in [0.3, 0.4) is 0 Å². The van der Waals surface area contributed by atoms with Crippen molar-refractivity contribution in [3.05, 3.63) is 47.7 Å². The number of aromatic nitrogens is 2. The molecule has 0 aliphatic carbocycles. The van der Waals surface area contributed by atoms with Crippen LogP contribution < -0.4 is 9.80 Å². The van der Waals surface area contributed by atoms with Crippen LogP contribution in [0.25, 0.3) is 10.2 Å². The Bertz CT molecular complexity index is 976. The van der Waals surface area contributed by atoms with Crippen LogP contribution in [0.1, 0.15) is 5.56 Å². The number of hydrogen-bond acceptors (Lipinski definition) is 7. The molecular weight excluding hydrogens is 386 g/mol. The van der Waals surface area contributed by atoms with E-state index in [1.54, 1.807) is 6.07 Å². The van der Waals surface area contributed by atoms with Crippen LogP contribution in [0, 0.1) is 11.6 Å². The van der Waals surface area contributed by atoms with Gasteiger partial charge in [0.05, 0.1) is 22.9 Å². The highest BCUT2D eigenvalue weighted by Gasteiger charge is 2.23. The molecule has 0 saturated carbocycles. The minimum absolute atomic E-state index is 0.159. The Morgan fingerprint density at radius 2 is 1.86 bits per heavy atom. The topological polar surface area (TPSA) is 72.7 Å². The number of fused-ring (bicyclic) bond motifs is 1. The summed E-state index contributed by atoms with van der Waals surface area (Å²) in [6, 6.07) is 5.92. The molecule has 4 rings (SSSR count). The second kappa shape index (κ2) is 7.94. The molecule has 3 heterocycles. The van der Waals surface area contributed by atoms with E-state index in [4.69, 9.17) is 5.11 Å². The number of anilines is 2. The molecule has 3 aromatic rings. The van der Waals surface area contributed by atoms with Gasteiger partial charge < -0.3 is 20.0 Å². The maximum absolute atomic E-state index is 14.5. The lowest BCUT2D eigenvalue weighted by Crippen LogP contribution is -2.47. The summed E-state index contributed by atoms with van der Waals surface area (Å²) in [5.74, 6) is -0.427. The van der Waals surface area contributed by atoms with Gasteiger partial charge in [-0.15, -0.1) is 0 Å². The van der Waals surface area contributed by atoms with Crippen LogP contribution in [-0.2, 0) is 6.42 Å². The third-order valence-electron chi connectivity index (χ3n) is 4.75. The van der Waals surface area contributed by atoms with Crippen molar-refractivity contribution < 1.29 is 19.0 Å². The fourth-order valence-corrected chi connectivity index (χ4v) is 4.32. The van der Waals surface area contributed by atoms with Crippen LogP contribution in [0.15, 0.2) is 30.5 Å². The lowest BCUT2D eigenvalue weighted by Gasteiger charge is -2.35. The van der Waals surface area contributed by atoms with Gasteiger partial charge in [0, 0.05) is 38.8 Å². The summed E-state index contributed by atoms with van der Waals surface area (Å²) in [7, 11) is 0. The Labute approximate surface area is 164 Å². The Morgan fingerprint density at radius 3 is 2.57 bits per heavy atom. The van der Waals surface area contributed by atoms with Crippen LogP contribution in [0.5, 0.6) is 0 Å². The van der Waals surface area contributed by atoms with Crippen molar-refractivity contribution in [2.24, 2.45) is 0 Å². The summed E-state index contributed by atoms with van der Waals surface area (Å²) in [6.45, 7) is 2.13. The van der Waals surface area contributed by atoms with Crippen molar-refractivity contribution in [3.63, 3.8) is 0 Å². The molecule has 1 aromatic carbocycles. The molecule has 28 heavy (non-hydrogen) atoms. The van der Waals surface area contributed by atoms with E-state index in [2.05, 4.69) is 14.9 Å². The number of aliphatic hydroxyl groups is 2. The normalized spacial score (nSPS) is 16.0. The van der Waals surface area contributed by atoms with Gasteiger partial charge >= 0.3 is 0 Å².